The van der Waals surface area contributed by atoms with Gasteiger partial charge in [-0.25, -0.2) is 21.6 Å². The van der Waals surface area contributed by atoms with E-state index in [2.05, 4.69) is 0 Å². The minimum atomic E-state index is -4.11. The second kappa shape index (κ2) is 6.66. The topological polar surface area (TPSA) is 153 Å². The van der Waals surface area contributed by atoms with Crippen molar-refractivity contribution in [3.8, 4) is 0 Å². The number of sulfone groups is 1. The number of carbonyl (C=O) groups excluding carboxylic acids is 3. The molecule has 0 unspecified atom stereocenters. The lowest BCUT2D eigenvalue weighted by molar-refractivity contribution is -0.180. The lowest BCUT2D eigenvalue weighted by atomic mass is 9.96. The maximum Gasteiger partial charge on any atom is 0.333 e. The first-order valence-electron chi connectivity index (χ1n) is 8.29. The predicted octanol–water partition coefficient (Wildman–Crippen LogP) is -1.26. The van der Waals surface area contributed by atoms with Crippen molar-refractivity contribution in [2.24, 2.45) is 5.41 Å². The van der Waals surface area contributed by atoms with Crippen molar-refractivity contribution < 1.29 is 40.7 Å². The number of fused-ring (bicyclic) bond motifs is 1. The van der Waals surface area contributed by atoms with Crippen molar-refractivity contribution in [2.45, 2.75) is 56.8 Å². The van der Waals surface area contributed by atoms with Crippen LogP contribution in [0.2, 0.25) is 0 Å². The Balaban J connectivity index is 2.21. The maximum atomic E-state index is 12.8. The second-order valence-corrected chi connectivity index (χ2v) is 12.7. The molecule has 11 nitrogen and oxygen atoms in total. The number of hydrogen-bond acceptors (Lipinski definition) is 9. The van der Waals surface area contributed by atoms with Crippen LogP contribution in [0.25, 0.3) is 0 Å². The first-order valence-corrected chi connectivity index (χ1v) is 11.7. The largest absolute Gasteiger partial charge is 0.427 e. The lowest BCUT2D eigenvalue weighted by Gasteiger charge is -2.42. The molecule has 1 N–H and O–H groups in total. The van der Waals surface area contributed by atoms with E-state index in [9.17, 15) is 31.2 Å². The predicted molar refractivity (Wildman–Crippen MR) is 95.7 cm³/mol. The molecule has 2 aliphatic heterocycles. The highest BCUT2D eigenvalue weighted by Crippen LogP contribution is 2.46. The van der Waals surface area contributed by atoms with E-state index in [4.69, 9.17) is 9.47 Å². The van der Waals surface area contributed by atoms with Gasteiger partial charge in [-0.2, -0.15) is 4.72 Å². The van der Waals surface area contributed by atoms with Gasteiger partial charge in [-0.1, -0.05) is 0 Å². The third kappa shape index (κ3) is 3.62. The average Bonchev–Trinajstić information content (AvgIpc) is 2.64. The highest BCUT2D eigenvalue weighted by atomic mass is 32.2. The highest BCUT2D eigenvalue weighted by Gasteiger charge is 2.72. The van der Waals surface area contributed by atoms with Gasteiger partial charge in [0.1, 0.15) is 16.8 Å². The molecule has 2 fully saturated rings. The summed E-state index contributed by atoms with van der Waals surface area (Å²) in [4.78, 5) is 37.4. The molecule has 0 aromatic heterocycles. The SMILES string of the molecule is CC(C)(C)C(=O)OCOC(=O)[C@@H]1N2C(=O)[C@@H](NS(C)(=O)=O)[C@H]2S(=O)(=O)C1(C)C. The molecule has 2 rings (SSSR count). The highest BCUT2D eigenvalue weighted by molar-refractivity contribution is 7.94. The zero-order chi connectivity index (χ0) is 21.9. The lowest BCUT2D eigenvalue weighted by Crippen LogP contribution is -2.72. The van der Waals surface area contributed by atoms with E-state index in [1.54, 1.807) is 20.8 Å². The van der Waals surface area contributed by atoms with Crippen molar-refractivity contribution in [3.05, 3.63) is 0 Å². The molecule has 1 amide bonds. The Labute approximate surface area is 163 Å². The minimum Gasteiger partial charge on any atom is -0.427 e. The number of carbonyl (C=O) groups is 3. The molecule has 3 atom stereocenters. The monoisotopic (exact) mass is 440 g/mol. The molecule has 28 heavy (non-hydrogen) atoms. The van der Waals surface area contributed by atoms with E-state index < -0.39 is 72.1 Å². The fourth-order valence-corrected chi connectivity index (χ4v) is 6.05. The van der Waals surface area contributed by atoms with Gasteiger partial charge >= 0.3 is 11.9 Å². The third-order valence-electron chi connectivity index (χ3n) is 4.64. The summed E-state index contributed by atoms with van der Waals surface area (Å²) in [6.45, 7) is 6.56. The quantitative estimate of drug-likeness (QED) is 0.313. The molecule has 13 heteroatoms. The van der Waals surface area contributed by atoms with Gasteiger partial charge < -0.3 is 14.4 Å². The van der Waals surface area contributed by atoms with Crippen LogP contribution in [0.1, 0.15) is 34.6 Å². The first kappa shape index (κ1) is 22.6. The van der Waals surface area contributed by atoms with E-state index in [0.29, 0.717) is 0 Å². The van der Waals surface area contributed by atoms with Gasteiger partial charge in [0.2, 0.25) is 22.7 Å². The van der Waals surface area contributed by atoms with E-state index in [-0.39, 0.29) is 0 Å². The molecule has 0 aromatic rings. The standard InChI is InChI=1S/C15H24N2O9S2/c1-14(2,3)13(20)26-7-25-12(19)9-15(4,5)28(23,24)11-8(10(18)17(9)11)16-27(6,21)22/h8-9,11,16H,7H2,1-6H3/t8-,9+,11-/m1/s1. The summed E-state index contributed by atoms with van der Waals surface area (Å²) in [6.07, 6.45) is 0.797. The van der Waals surface area contributed by atoms with Crippen molar-refractivity contribution in [1.82, 2.24) is 9.62 Å². The summed E-state index contributed by atoms with van der Waals surface area (Å²) in [5.74, 6) is -2.55. The Kier molecular flexibility index (Phi) is 5.37. The van der Waals surface area contributed by atoms with Crippen molar-refractivity contribution in [1.29, 1.82) is 0 Å². The number of nitrogens with one attached hydrogen (secondary N) is 1. The van der Waals surface area contributed by atoms with Crippen LogP contribution in [0.4, 0.5) is 0 Å². The van der Waals surface area contributed by atoms with E-state index in [1.165, 1.54) is 13.8 Å². The Morgan fingerprint density at radius 2 is 1.75 bits per heavy atom. The maximum absolute atomic E-state index is 12.8. The summed E-state index contributed by atoms with van der Waals surface area (Å²) in [5.41, 5.74) is -0.828. The molecule has 0 radical (unpaired) electrons. The summed E-state index contributed by atoms with van der Waals surface area (Å²) in [5, 5.41) is -1.51. The number of sulfonamides is 1. The number of ether oxygens (including phenoxy) is 2. The van der Waals surface area contributed by atoms with E-state index in [1.807, 2.05) is 4.72 Å². The van der Waals surface area contributed by atoms with Gasteiger partial charge in [-0.05, 0) is 34.6 Å². The zero-order valence-electron chi connectivity index (χ0n) is 16.4. The molecule has 2 saturated heterocycles. The van der Waals surface area contributed by atoms with Gasteiger partial charge in [0.15, 0.2) is 15.2 Å². The zero-order valence-corrected chi connectivity index (χ0v) is 18.0. The van der Waals surface area contributed by atoms with Gasteiger partial charge in [0, 0.05) is 0 Å². The molecule has 0 spiro atoms. The van der Waals surface area contributed by atoms with Gasteiger partial charge in [-0.3, -0.25) is 9.59 Å². The van der Waals surface area contributed by atoms with Gasteiger partial charge in [-0.15, -0.1) is 0 Å². The summed E-state index contributed by atoms with van der Waals surface area (Å²) in [7, 11) is -7.96. The molecule has 0 aromatic carbocycles. The summed E-state index contributed by atoms with van der Waals surface area (Å²) >= 11 is 0. The number of nitrogens with zero attached hydrogens (tertiary/aromatic N) is 1. The Morgan fingerprint density at radius 3 is 2.21 bits per heavy atom. The Bertz CT molecular complexity index is 916. The van der Waals surface area contributed by atoms with Crippen molar-refractivity contribution in [2.75, 3.05) is 13.0 Å². The van der Waals surface area contributed by atoms with Crippen LogP contribution in [0.3, 0.4) is 0 Å². The van der Waals surface area contributed by atoms with Crippen LogP contribution in [0, 0.1) is 5.41 Å². The molecular formula is C15H24N2O9S2. The summed E-state index contributed by atoms with van der Waals surface area (Å²) in [6, 6.07) is -3.00. The molecule has 0 saturated carbocycles. The fourth-order valence-electron chi connectivity index (χ4n) is 3.06. The van der Waals surface area contributed by atoms with Crippen LogP contribution in [0.15, 0.2) is 0 Å². The second-order valence-electron chi connectivity index (χ2n) is 8.32. The van der Waals surface area contributed by atoms with E-state index >= 15 is 0 Å². The Morgan fingerprint density at radius 1 is 1.21 bits per heavy atom. The molecule has 2 heterocycles. The molecule has 0 bridgehead atoms. The normalized spacial score (nSPS) is 28.3. The number of esters is 2. The smallest absolute Gasteiger partial charge is 0.333 e. The number of amides is 1. The van der Waals surface area contributed by atoms with Crippen LogP contribution in [-0.4, -0.2) is 74.8 Å². The summed E-state index contributed by atoms with van der Waals surface area (Å²) < 4.78 is 58.5. The van der Waals surface area contributed by atoms with Crippen LogP contribution >= 0.6 is 0 Å². The number of hydrogen-bond donors (Lipinski definition) is 1. The van der Waals surface area contributed by atoms with Crippen LogP contribution < -0.4 is 4.72 Å². The molecule has 0 aliphatic carbocycles. The Hall–Kier alpha value is -1.73. The van der Waals surface area contributed by atoms with Gasteiger partial charge in [0.05, 0.1) is 11.7 Å². The molecule has 2 aliphatic rings. The average molecular weight is 440 g/mol. The molecular weight excluding hydrogens is 416 g/mol. The first-order chi connectivity index (χ1) is 12.4. The van der Waals surface area contributed by atoms with Crippen molar-refractivity contribution in [3.63, 3.8) is 0 Å². The fraction of sp³-hybridized carbons (Fsp3) is 0.800. The molecule has 160 valence electrons. The van der Waals surface area contributed by atoms with Crippen LogP contribution in [-0.2, 0) is 43.7 Å². The van der Waals surface area contributed by atoms with Crippen molar-refractivity contribution >= 4 is 37.7 Å². The minimum absolute atomic E-state index is 0.631. The number of rotatable bonds is 5. The van der Waals surface area contributed by atoms with E-state index in [0.717, 1.165) is 11.2 Å². The van der Waals surface area contributed by atoms with Gasteiger partial charge in [0.25, 0.3) is 0 Å². The number of β-lactam (4-membered cyclic amide) rings is 1. The van der Waals surface area contributed by atoms with Crippen LogP contribution in [0.5, 0.6) is 0 Å². The third-order valence-corrected chi connectivity index (χ3v) is 8.14.